The van der Waals surface area contributed by atoms with Crippen molar-refractivity contribution in [1.29, 1.82) is 0 Å². The fraction of sp³-hybridized carbons (Fsp3) is 0.297. The van der Waals surface area contributed by atoms with E-state index in [4.69, 9.17) is 14.2 Å². The smallest absolute Gasteiger partial charge is 0.266 e. The molecule has 10 heteroatoms. The van der Waals surface area contributed by atoms with E-state index in [9.17, 15) is 19.5 Å². The quantitative estimate of drug-likeness (QED) is 0.220. The van der Waals surface area contributed by atoms with Gasteiger partial charge in [0.2, 0.25) is 0 Å². The summed E-state index contributed by atoms with van der Waals surface area (Å²) in [4.78, 5) is 43.6. The van der Waals surface area contributed by atoms with E-state index >= 15 is 0 Å². The topological polar surface area (TPSA) is 109 Å². The lowest BCUT2D eigenvalue weighted by Crippen LogP contribution is -2.46. The Labute approximate surface area is 275 Å². The Kier molecular flexibility index (Phi) is 7.71. The van der Waals surface area contributed by atoms with E-state index in [0.717, 1.165) is 5.56 Å². The minimum atomic E-state index is -2.83. The van der Waals surface area contributed by atoms with Gasteiger partial charge in [0, 0.05) is 29.3 Å². The maximum absolute atomic E-state index is 14.8. The van der Waals surface area contributed by atoms with Crippen molar-refractivity contribution in [2.45, 2.75) is 50.2 Å². The van der Waals surface area contributed by atoms with E-state index in [1.54, 1.807) is 29.0 Å². The predicted molar refractivity (Wildman–Crippen MR) is 181 cm³/mol. The molecule has 2 N–H and O–H groups in total. The van der Waals surface area contributed by atoms with Gasteiger partial charge in [0.15, 0.2) is 19.7 Å². The second-order valence-corrected chi connectivity index (χ2v) is 17.0. The molecule has 47 heavy (non-hydrogen) atoms. The molecule has 0 aliphatic carbocycles. The molecule has 4 aromatic carbocycles. The molecule has 0 unspecified atom stereocenters. The summed E-state index contributed by atoms with van der Waals surface area (Å²) < 4.78 is 18.5. The highest BCUT2D eigenvalue weighted by Gasteiger charge is 2.66. The van der Waals surface area contributed by atoms with Gasteiger partial charge >= 0.3 is 0 Å². The molecule has 0 aromatic heterocycles. The molecule has 2 amide bonds. The number of aliphatic hydroxyl groups excluding tert-OH is 1. The van der Waals surface area contributed by atoms with Crippen molar-refractivity contribution >= 4 is 37.2 Å². The lowest BCUT2D eigenvalue weighted by molar-refractivity contribution is -0.146. The minimum Gasteiger partial charge on any atom is -0.497 e. The highest BCUT2D eigenvalue weighted by molar-refractivity contribution is 6.71. The number of ether oxygens (including phenoxy) is 3. The second kappa shape index (κ2) is 11.6. The normalized spacial score (nSPS) is 23.3. The number of hydrogen-bond acceptors (Lipinski definition) is 7. The lowest BCUT2D eigenvalue weighted by atomic mass is 9.82. The van der Waals surface area contributed by atoms with Crippen LogP contribution in [-0.4, -0.2) is 49.9 Å². The standard InChI is InChI=1S/C37H38N2O7Si/c1-23-34(47(3,4)43)33(18-19-40)46-37(23)28-21-26(44-2)16-17-29(28)38(36(37)42)22-24-10-9-11-25(20-24)39-30-13-6-8-15-32(30)45-31-14-7-5-12-27(31)35(39)41/h5-17,20-21,23,33-34,40,43H,18-19,22H2,1-4H3/t23-,33+,34-,37+/m1/s1. The van der Waals surface area contributed by atoms with Gasteiger partial charge in [0.05, 0.1) is 36.7 Å². The van der Waals surface area contributed by atoms with Gasteiger partial charge < -0.3 is 29.0 Å². The molecule has 0 radical (unpaired) electrons. The average Bonchev–Trinajstić information content (AvgIpc) is 3.43. The zero-order chi connectivity index (χ0) is 33.1. The molecular formula is C37H38N2O7Si. The fourth-order valence-electron chi connectivity index (χ4n) is 7.78. The minimum absolute atomic E-state index is 0.113. The van der Waals surface area contributed by atoms with E-state index in [1.165, 1.54) is 0 Å². The molecule has 4 aromatic rings. The number of anilines is 3. The fourth-order valence-corrected chi connectivity index (χ4v) is 10.4. The summed E-state index contributed by atoms with van der Waals surface area (Å²) in [5.74, 6) is 0.847. The highest BCUT2D eigenvalue weighted by Crippen LogP contribution is 2.60. The molecule has 9 nitrogen and oxygen atoms in total. The van der Waals surface area contributed by atoms with Gasteiger partial charge in [-0.25, -0.2) is 0 Å². The van der Waals surface area contributed by atoms with Gasteiger partial charge in [0.25, 0.3) is 11.8 Å². The molecule has 1 fully saturated rings. The first-order valence-corrected chi connectivity index (χ1v) is 18.9. The molecule has 0 bridgehead atoms. The highest BCUT2D eigenvalue weighted by atomic mass is 28.4. The number of benzene rings is 4. The van der Waals surface area contributed by atoms with Crippen molar-refractivity contribution in [3.63, 3.8) is 0 Å². The Morgan fingerprint density at radius 2 is 1.66 bits per heavy atom. The molecule has 0 saturated carbocycles. The van der Waals surface area contributed by atoms with Gasteiger partial charge in [-0.05, 0) is 79.7 Å². The number of rotatable bonds is 7. The van der Waals surface area contributed by atoms with Gasteiger partial charge in [-0.3, -0.25) is 14.5 Å². The first kappa shape index (κ1) is 31.1. The van der Waals surface area contributed by atoms with E-state index in [0.29, 0.717) is 51.9 Å². The average molecular weight is 651 g/mol. The zero-order valence-electron chi connectivity index (χ0n) is 26.8. The van der Waals surface area contributed by atoms with Crippen molar-refractivity contribution in [3.8, 4) is 17.2 Å². The molecule has 242 valence electrons. The summed E-state index contributed by atoms with van der Waals surface area (Å²) in [6.07, 6.45) is -0.159. The number of para-hydroxylation sites is 3. The van der Waals surface area contributed by atoms with E-state index in [2.05, 4.69) is 0 Å². The van der Waals surface area contributed by atoms with Crippen LogP contribution < -0.4 is 19.3 Å². The molecular weight excluding hydrogens is 613 g/mol. The van der Waals surface area contributed by atoms with E-state index in [1.807, 2.05) is 98.9 Å². The Morgan fingerprint density at radius 1 is 0.915 bits per heavy atom. The van der Waals surface area contributed by atoms with Crippen LogP contribution in [0.5, 0.6) is 17.2 Å². The maximum atomic E-state index is 14.8. The molecule has 4 atom stereocenters. The number of hydrogen-bond donors (Lipinski definition) is 2. The lowest BCUT2D eigenvalue weighted by Gasteiger charge is -2.32. The summed E-state index contributed by atoms with van der Waals surface area (Å²) in [5, 5.41) is 9.91. The summed E-state index contributed by atoms with van der Waals surface area (Å²) in [6.45, 7) is 5.80. The van der Waals surface area contributed by atoms with Crippen LogP contribution in [0.3, 0.4) is 0 Å². The van der Waals surface area contributed by atoms with Crippen LogP contribution in [0.1, 0.15) is 34.8 Å². The van der Waals surface area contributed by atoms with Crippen molar-refractivity contribution in [2.24, 2.45) is 5.92 Å². The predicted octanol–water partition coefficient (Wildman–Crippen LogP) is 6.51. The Bertz CT molecular complexity index is 1870. The van der Waals surface area contributed by atoms with Crippen LogP contribution >= 0.6 is 0 Å². The molecule has 3 heterocycles. The molecule has 3 aliphatic heterocycles. The Balaban J connectivity index is 1.29. The summed E-state index contributed by atoms with van der Waals surface area (Å²) in [6, 6.07) is 27.8. The maximum Gasteiger partial charge on any atom is 0.266 e. The van der Waals surface area contributed by atoms with Crippen LogP contribution in [-0.2, 0) is 21.7 Å². The second-order valence-electron chi connectivity index (χ2n) is 13.0. The third-order valence-electron chi connectivity index (χ3n) is 9.76. The Hall–Kier alpha value is -4.48. The number of amides is 2. The van der Waals surface area contributed by atoms with E-state index < -0.39 is 20.0 Å². The van der Waals surface area contributed by atoms with Crippen LogP contribution in [0.4, 0.5) is 17.1 Å². The number of nitrogens with zero attached hydrogens (tertiary/aromatic N) is 2. The SMILES string of the molecule is COc1ccc2c(c1)[C@]1(O[C@@H](CCO)[C@H]([Si](C)(C)O)[C@H]1C)C(=O)N2Cc1cccc(N2C(=O)c3ccccc3Oc3ccccc32)c1. The number of fused-ring (bicyclic) bond motifs is 4. The summed E-state index contributed by atoms with van der Waals surface area (Å²) >= 11 is 0. The molecule has 1 saturated heterocycles. The van der Waals surface area contributed by atoms with Gasteiger partial charge in [-0.1, -0.05) is 43.3 Å². The largest absolute Gasteiger partial charge is 0.497 e. The monoisotopic (exact) mass is 650 g/mol. The first-order chi connectivity index (χ1) is 22.6. The number of carbonyl (C=O) groups excluding carboxylic acids is 2. The molecule has 7 rings (SSSR count). The van der Waals surface area contributed by atoms with Crippen molar-refractivity contribution in [1.82, 2.24) is 0 Å². The third-order valence-corrected chi connectivity index (χ3v) is 12.3. The van der Waals surface area contributed by atoms with Crippen molar-refractivity contribution < 1.29 is 33.7 Å². The summed E-state index contributed by atoms with van der Waals surface area (Å²) in [7, 11) is -1.24. The van der Waals surface area contributed by atoms with Crippen molar-refractivity contribution in [3.05, 3.63) is 108 Å². The molecule has 3 aliphatic rings. The number of methoxy groups -OCH3 is 1. The van der Waals surface area contributed by atoms with Crippen LogP contribution in [0.25, 0.3) is 0 Å². The number of aliphatic hydroxyl groups is 1. The van der Waals surface area contributed by atoms with Gasteiger partial charge in [-0.2, -0.15) is 0 Å². The van der Waals surface area contributed by atoms with Crippen LogP contribution in [0.15, 0.2) is 91.0 Å². The van der Waals surface area contributed by atoms with Gasteiger partial charge in [-0.15, -0.1) is 0 Å². The van der Waals surface area contributed by atoms with E-state index in [-0.39, 0.29) is 36.4 Å². The van der Waals surface area contributed by atoms with Gasteiger partial charge in [0.1, 0.15) is 11.5 Å². The number of carbonyl (C=O) groups is 2. The van der Waals surface area contributed by atoms with Crippen LogP contribution in [0.2, 0.25) is 18.6 Å². The third kappa shape index (κ3) is 4.94. The van der Waals surface area contributed by atoms with Crippen LogP contribution in [0, 0.1) is 5.92 Å². The Morgan fingerprint density at radius 3 is 2.40 bits per heavy atom. The van der Waals surface area contributed by atoms with Crippen molar-refractivity contribution in [2.75, 3.05) is 23.5 Å². The zero-order valence-corrected chi connectivity index (χ0v) is 27.8. The molecule has 1 spiro atoms. The first-order valence-electron chi connectivity index (χ1n) is 15.9. The summed E-state index contributed by atoms with van der Waals surface area (Å²) in [5.41, 5.74) is 2.28.